The molecule has 1 aliphatic rings. The van der Waals surface area contributed by atoms with Gasteiger partial charge >= 0.3 is 6.09 Å². The third-order valence-corrected chi connectivity index (χ3v) is 6.26. The molecular weight excluding hydrogens is 434 g/mol. The predicted molar refractivity (Wildman–Crippen MR) is 129 cm³/mol. The number of amides is 3. The van der Waals surface area contributed by atoms with Crippen LogP contribution in [0.4, 0.5) is 4.79 Å². The average Bonchev–Trinajstić information content (AvgIpc) is 2.87. The number of carbonyl (C=O) groups excluding carboxylic acids is 3. The molecule has 8 nitrogen and oxygen atoms in total. The summed E-state index contributed by atoms with van der Waals surface area (Å²) >= 11 is 0. The first kappa shape index (κ1) is 25.1. The van der Waals surface area contributed by atoms with Crippen LogP contribution >= 0.6 is 0 Å². The van der Waals surface area contributed by atoms with E-state index in [-0.39, 0.29) is 29.9 Å². The number of nitrogens with one attached hydrogen (secondary N) is 3. The monoisotopic (exact) mass is 467 g/mol. The Morgan fingerprint density at radius 3 is 2.29 bits per heavy atom. The molecule has 0 spiro atoms. The Hall–Kier alpha value is -3.55. The molecule has 0 atom stereocenters. The summed E-state index contributed by atoms with van der Waals surface area (Å²) in [4.78, 5) is 36.6. The van der Waals surface area contributed by atoms with Crippen LogP contribution in [0.1, 0.15) is 48.5 Å². The fourth-order valence-corrected chi connectivity index (χ4v) is 4.40. The van der Waals surface area contributed by atoms with Crippen LogP contribution in [0.5, 0.6) is 5.75 Å². The summed E-state index contributed by atoms with van der Waals surface area (Å²) in [6.45, 7) is 2.68. The number of methoxy groups -OCH3 is 1. The molecule has 0 heterocycles. The van der Waals surface area contributed by atoms with Crippen LogP contribution in [-0.2, 0) is 14.9 Å². The molecule has 1 saturated carbocycles. The molecular formula is C26H33N3O5. The van der Waals surface area contributed by atoms with Crippen molar-refractivity contribution >= 4 is 17.9 Å². The number of para-hydroxylation sites is 1. The van der Waals surface area contributed by atoms with E-state index in [9.17, 15) is 14.4 Å². The van der Waals surface area contributed by atoms with Crippen LogP contribution in [0.25, 0.3) is 0 Å². The van der Waals surface area contributed by atoms with Crippen molar-refractivity contribution in [3.05, 3.63) is 65.7 Å². The van der Waals surface area contributed by atoms with Gasteiger partial charge in [-0.2, -0.15) is 0 Å². The molecule has 0 saturated heterocycles. The summed E-state index contributed by atoms with van der Waals surface area (Å²) in [5.74, 6) is 0.0948. The number of hydrogen-bond acceptors (Lipinski definition) is 5. The molecule has 0 aromatic heterocycles. The van der Waals surface area contributed by atoms with E-state index in [1.807, 2.05) is 37.3 Å². The van der Waals surface area contributed by atoms with Crippen LogP contribution in [0.3, 0.4) is 0 Å². The highest BCUT2D eigenvalue weighted by atomic mass is 16.6. The van der Waals surface area contributed by atoms with Gasteiger partial charge in [-0.1, -0.05) is 42.5 Å². The summed E-state index contributed by atoms with van der Waals surface area (Å²) in [5.41, 5.74) is 1.37. The lowest BCUT2D eigenvalue weighted by Crippen LogP contribution is -2.45. The standard InChI is InChI=1S/C26H33N3O5/c1-3-27-23(30)17-28-25(32)34-20-13-15-26(16-14-20,19-9-5-4-6-10-19)18-29-24(31)21-11-7-8-12-22(21)33-2/h4-12,20H,3,13-18H2,1-2H3,(H,27,30)(H,28,32)(H,29,31). The third kappa shape index (κ3) is 6.50. The van der Waals surface area contributed by atoms with Gasteiger partial charge < -0.3 is 25.4 Å². The predicted octanol–water partition coefficient (Wildman–Crippen LogP) is 3.17. The summed E-state index contributed by atoms with van der Waals surface area (Å²) in [6, 6.07) is 17.3. The van der Waals surface area contributed by atoms with E-state index < -0.39 is 6.09 Å². The maximum Gasteiger partial charge on any atom is 0.407 e. The van der Waals surface area contributed by atoms with Crippen molar-refractivity contribution in [1.82, 2.24) is 16.0 Å². The molecule has 3 N–H and O–H groups in total. The minimum atomic E-state index is -0.590. The van der Waals surface area contributed by atoms with Gasteiger partial charge in [0, 0.05) is 18.5 Å². The topological polar surface area (TPSA) is 106 Å². The minimum absolute atomic E-state index is 0.109. The van der Waals surface area contributed by atoms with Crippen LogP contribution in [0, 0.1) is 0 Å². The molecule has 3 rings (SSSR count). The summed E-state index contributed by atoms with van der Waals surface area (Å²) < 4.78 is 10.9. The number of rotatable bonds is 9. The first-order valence-corrected chi connectivity index (χ1v) is 11.7. The van der Waals surface area contributed by atoms with Crippen LogP contribution < -0.4 is 20.7 Å². The Bertz CT molecular complexity index is 971. The fourth-order valence-electron chi connectivity index (χ4n) is 4.40. The summed E-state index contributed by atoms with van der Waals surface area (Å²) in [7, 11) is 1.55. The van der Waals surface area contributed by atoms with Crippen LogP contribution in [0.15, 0.2) is 54.6 Å². The number of carbonyl (C=O) groups is 3. The van der Waals surface area contributed by atoms with Gasteiger partial charge in [-0.3, -0.25) is 9.59 Å². The van der Waals surface area contributed by atoms with Crippen molar-refractivity contribution in [3.8, 4) is 5.75 Å². The fraction of sp³-hybridized carbons (Fsp3) is 0.423. The Morgan fingerprint density at radius 2 is 1.62 bits per heavy atom. The first-order chi connectivity index (χ1) is 16.5. The van der Waals surface area contributed by atoms with Gasteiger partial charge in [-0.15, -0.1) is 0 Å². The second-order valence-corrected chi connectivity index (χ2v) is 8.44. The third-order valence-electron chi connectivity index (χ3n) is 6.26. The zero-order valence-electron chi connectivity index (χ0n) is 19.8. The zero-order valence-corrected chi connectivity index (χ0v) is 19.8. The molecule has 34 heavy (non-hydrogen) atoms. The highest BCUT2D eigenvalue weighted by Crippen LogP contribution is 2.40. The Kier molecular flexibility index (Phi) is 8.90. The lowest BCUT2D eigenvalue weighted by atomic mass is 9.68. The van der Waals surface area contributed by atoms with Crippen molar-refractivity contribution in [2.75, 3.05) is 26.7 Å². The van der Waals surface area contributed by atoms with E-state index >= 15 is 0 Å². The van der Waals surface area contributed by atoms with Crippen molar-refractivity contribution in [3.63, 3.8) is 0 Å². The van der Waals surface area contributed by atoms with Crippen molar-refractivity contribution < 1.29 is 23.9 Å². The molecule has 1 aliphatic carbocycles. The molecule has 8 heteroatoms. The number of ether oxygens (including phenoxy) is 2. The van der Waals surface area contributed by atoms with Gasteiger partial charge in [-0.25, -0.2) is 4.79 Å². The number of alkyl carbamates (subject to hydrolysis) is 1. The smallest absolute Gasteiger partial charge is 0.407 e. The SMILES string of the molecule is CCNC(=O)CNC(=O)OC1CCC(CNC(=O)c2ccccc2OC)(c2ccccc2)CC1. The van der Waals surface area contributed by atoms with E-state index in [4.69, 9.17) is 9.47 Å². The first-order valence-electron chi connectivity index (χ1n) is 11.7. The maximum atomic E-state index is 12.9. The van der Waals surface area contributed by atoms with Gasteiger partial charge in [-0.05, 0) is 50.3 Å². The van der Waals surface area contributed by atoms with Crippen LogP contribution in [-0.4, -0.2) is 50.8 Å². The zero-order chi connectivity index (χ0) is 24.4. The molecule has 182 valence electrons. The normalized spacial score (nSPS) is 19.5. The second-order valence-electron chi connectivity index (χ2n) is 8.44. The van der Waals surface area contributed by atoms with Gasteiger partial charge in [0.2, 0.25) is 5.91 Å². The molecule has 0 aliphatic heterocycles. The highest BCUT2D eigenvalue weighted by molar-refractivity contribution is 5.97. The molecule has 0 bridgehead atoms. The largest absolute Gasteiger partial charge is 0.496 e. The molecule has 0 radical (unpaired) electrons. The lowest BCUT2D eigenvalue weighted by Gasteiger charge is -2.40. The average molecular weight is 468 g/mol. The number of likely N-dealkylation sites (N-methyl/N-ethyl adjacent to an activating group) is 1. The van der Waals surface area contributed by atoms with Crippen molar-refractivity contribution in [1.29, 1.82) is 0 Å². The van der Waals surface area contributed by atoms with Gasteiger partial charge in [0.15, 0.2) is 0 Å². The quantitative estimate of drug-likeness (QED) is 0.525. The van der Waals surface area contributed by atoms with E-state index in [1.54, 1.807) is 19.2 Å². The Balaban J connectivity index is 1.62. The van der Waals surface area contributed by atoms with E-state index in [0.29, 0.717) is 37.2 Å². The second kappa shape index (κ2) is 12.1. The van der Waals surface area contributed by atoms with Crippen molar-refractivity contribution in [2.45, 2.75) is 44.1 Å². The van der Waals surface area contributed by atoms with E-state index in [1.165, 1.54) is 0 Å². The van der Waals surface area contributed by atoms with E-state index in [2.05, 4.69) is 28.1 Å². The minimum Gasteiger partial charge on any atom is -0.496 e. The van der Waals surface area contributed by atoms with Gasteiger partial charge in [0.25, 0.3) is 5.91 Å². The van der Waals surface area contributed by atoms with Gasteiger partial charge in [0.05, 0.1) is 19.2 Å². The number of hydrogen-bond donors (Lipinski definition) is 3. The lowest BCUT2D eigenvalue weighted by molar-refractivity contribution is -0.120. The molecule has 2 aromatic rings. The Morgan fingerprint density at radius 1 is 0.941 bits per heavy atom. The summed E-state index contributed by atoms with van der Waals surface area (Å²) in [6.07, 6.45) is 1.99. The molecule has 2 aromatic carbocycles. The van der Waals surface area contributed by atoms with Crippen LogP contribution in [0.2, 0.25) is 0 Å². The highest BCUT2D eigenvalue weighted by Gasteiger charge is 2.38. The number of benzene rings is 2. The molecule has 1 fully saturated rings. The van der Waals surface area contributed by atoms with Crippen molar-refractivity contribution in [2.24, 2.45) is 0 Å². The van der Waals surface area contributed by atoms with E-state index in [0.717, 1.165) is 18.4 Å². The molecule has 3 amide bonds. The maximum absolute atomic E-state index is 12.9. The summed E-state index contributed by atoms with van der Waals surface area (Å²) in [5, 5.41) is 8.22. The Labute approximate surface area is 200 Å². The molecule has 0 unspecified atom stereocenters. The van der Waals surface area contributed by atoms with Gasteiger partial charge in [0.1, 0.15) is 11.9 Å².